The minimum atomic E-state index is -0.185. The van der Waals surface area contributed by atoms with E-state index >= 15 is 0 Å². The van der Waals surface area contributed by atoms with Crippen LogP contribution < -0.4 is 0 Å². The van der Waals surface area contributed by atoms with Gasteiger partial charge < -0.3 is 9.47 Å². The molecule has 0 atom stereocenters. The predicted molar refractivity (Wildman–Crippen MR) is 107 cm³/mol. The summed E-state index contributed by atoms with van der Waals surface area (Å²) in [7, 11) is 0. The molecular formula is C23H27FN2. The van der Waals surface area contributed by atoms with Gasteiger partial charge in [-0.1, -0.05) is 23.8 Å². The number of halogens is 1. The van der Waals surface area contributed by atoms with Crippen LogP contribution in [0.5, 0.6) is 0 Å². The van der Waals surface area contributed by atoms with Crippen molar-refractivity contribution in [2.24, 2.45) is 0 Å². The number of likely N-dealkylation sites (tertiary alicyclic amines) is 1. The molecule has 2 aromatic carbocycles. The lowest BCUT2D eigenvalue weighted by Gasteiger charge is -2.35. The zero-order chi connectivity index (χ0) is 18.3. The van der Waals surface area contributed by atoms with Crippen LogP contribution in [0.15, 0.2) is 48.7 Å². The van der Waals surface area contributed by atoms with E-state index in [0.29, 0.717) is 12.1 Å². The summed E-state index contributed by atoms with van der Waals surface area (Å²) in [6, 6.07) is 14.7. The SMILES string of the molecule is Cc1ccc2c(c1)c(-c1ccc(F)cc1)cn2C1CCN(C(C)C)CC1. The molecule has 3 aromatic rings. The first kappa shape index (κ1) is 17.3. The standard InChI is InChI=1S/C23H27FN2/c1-16(2)25-12-10-20(11-13-25)26-15-22(18-5-7-19(24)8-6-18)21-14-17(3)4-9-23(21)26/h4-9,14-16,20H,10-13H2,1-3H3. The lowest BCUT2D eigenvalue weighted by atomic mass is 10.0. The van der Waals surface area contributed by atoms with Crippen molar-refractivity contribution in [3.8, 4) is 11.1 Å². The van der Waals surface area contributed by atoms with Crippen LogP contribution in [0.2, 0.25) is 0 Å². The first-order valence-corrected chi connectivity index (χ1v) is 9.64. The number of aryl methyl sites for hydroxylation is 1. The van der Waals surface area contributed by atoms with Gasteiger partial charge in [0.05, 0.1) is 0 Å². The van der Waals surface area contributed by atoms with Crippen LogP contribution in [0.3, 0.4) is 0 Å². The first-order chi connectivity index (χ1) is 12.5. The van der Waals surface area contributed by atoms with E-state index < -0.39 is 0 Å². The van der Waals surface area contributed by atoms with Gasteiger partial charge in [-0.15, -0.1) is 0 Å². The molecule has 0 bridgehead atoms. The Morgan fingerprint density at radius 1 is 1.00 bits per heavy atom. The second-order valence-corrected chi connectivity index (χ2v) is 7.84. The van der Waals surface area contributed by atoms with Gasteiger partial charge in [0.15, 0.2) is 0 Å². The Hall–Kier alpha value is -2.13. The van der Waals surface area contributed by atoms with Crippen LogP contribution in [0.1, 0.15) is 38.3 Å². The topological polar surface area (TPSA) is 8.17 Å². The number of rotatable bonds is 3. The summed E-state index contributed by atoms with van der Waals surface area (Å²) in [6.45, 7) is 8.99. The molecule has 0 saturated carbocycles. The van der Waals surface area contributed by atoms with Gasteiger partial charge >= 0.3 is 0 Å². The van der Waals surface area contributed by atoms with E-state index in [4.69, 9.17) is 0 Å². The third-order valence-corrected chi connectivity index (χ3v) is 5.77. The van der Waals surface area contributed by atoms with E-state index in [1.54, 1.807) is 12.1 Å². The van der Waals surface area contributed by atoms with Crippen molar-refractivity contribution in [1.29, 1.82) is 0 Å². The minimum Gasteiger partial charge on any atom is -0.344 e. The molecule has 1 aliphatic heterocycles. The molecule has 136 valence electrons. The van der Waals surface area contributed by atoms with Crippen molar-refractivity contribution in [3.05, 3.63) is 60.0 Å². The number of hydrogen-bond donors (Lipinski definition) is 0. The number of aromatic nitrogens is 1. The van der Waals surface area contributed by atoms with Crippen LogP contribution in [0.4, 0.5) is 4.39 Å². The van der Waals surface area contributed by atoms with E-state index in [0.717, 1.165) is 18.7 Å². The highest BCUT2D eigenvalue weighted by Crippen LogP contribution is 2.36. The van der Waals surface area contributed by atoms with Crippen molar-refractivity contribution >= 4 is 10.9 Å². The molecule has 0 radical (unpaired) electrons. The van der Waals surface area contributed by atoms with E-state index in [-0.39, 0.29) is 5.82 Å². The zero-order valence-corrected chi connectivity index (χ0v) is 15.9. The number of nitrogens with zero attached hydrogens (tertiary/aromatic N) is 2. The molecule has 1 aliphatic rings. The molecule has 0 spiro atoms. The van der Waals surface area contributed by atoms with E-state index in [9.17, 15) is 4.39 Å². The Labute approximate surface area is 155 Å². The van der Waals surface area contributed by atoms with E-state index in [1.807, 2.05) is 12.1 Å². The quantitative estimate of drug-likeness (QED) is 0.579. The van der Waals surface area contributed by atoms with Crippen LogP contribution in [-0.4, -0.2) is 28.6 Å². The van der Waals surface area contributed by atoms with Gasteiger partial charge in [0.2, 0.25) is 0 Å². The fourth-order valence-electron chi connectivity index (χ4n) is 4.21. The van der Waals surface area contributed by atoms with Gasteiger partial charge in [0.1, 0.15) is 5.82 Å². The maximum absolute atomic E-state index is 13.4. The van der Waals surface area contributed by atoms with E-state index in [1.165, 1.54) is 34.9 Å². The van der Waals surface area contributed by atoms with Gasteiger partial charge in [-0.2, -0.15) is 0 Å². The number of piperidine rings is 1. The largest absolute Gasteiger partial charge is 0.344 e. The molecule has 2 nitrogen and oxygen atoms in total. The molecule has 0 unspecified atom stereocenters. The average Bonchev–Trinajstić information content (AvgIpc) is 3.01. The van der Waals surface area contributed by atoms with Gasteiger partial charge in [0, 0.05) is 47.8 Å². The summed E-state index contributed by atoms with van der Waals surface area (Å²) in [5.74, 6) is -0.185. The number of fused-ring (bicyclic) bond motifs is 1. The van der Waals surface area contributed by atoms with Gasteiger partial charge in [-0.05, 0) is 63.4 Å². The molecule has 1 saturated heterocycles. The van der Waals surface area contributed by atoms with Crippen molar-refractivity contribution in [2.75, 3.05) is 13.1 Å². The summed E-state index contributed by atoms with van der Waals surface area (Å²) >= 11 is 0. The normalized spacial score (nSPS) is 16.7. The maximum atomic E-state index is 13.4. The smallest absolute Gasteiger partial charge is 0.123 e. The Balaban J connectivity index is 1.75. The zero-order valence-electron chi connectivity index (χ0n) is 15.9. The van der Waals surface area contributed by atoms with Crippen molar-refractivity contribution < 1.29 is 4.39 Å². The van der Waals surface area contributed by atoms with Crippen molar-refractivity contribution in [2.45, 2.75) is 45.7 Å². The molecule has 1 fully saturated rings. The fourth-order valence-corrected chi connectivity index (χ4v) is 4.21. The maximum Gasteiger partial charge on any atom is 0.123 e. The lowest BCUT2D eigenvalue weighted by Crippen LogP contribution is -2.38. The molecule has 1 aromatic heterocycles. The molecule has 3 heteroatoms. The molecule has 2 heterocycles. The van der Waals surface area contributed by atoms with Gasteiger partial charge in [-0.25, -0.2) is 4.39 Å². The van der Waals surface area contributed by atoms with E-state index in [2.05, 4.69) is 54.6 Å². The monoisotopic (exact) mass is 350 g/mol. The Kier molecular flexibility index (Phi) is 4.58. The lowest BCUT2D eigenvalue weighted by molar-refractivity contribution is 0.153. The molecule has 4 rings (SSSR count). The third kappa shape index (κ3) is 3.16. The number of hydrogen-bond acceptors (Lipinski definition) is 1. The highest BCUT2D eigenvalue weighted by Gasteiger charge is 2.24. The van der Waals surface area contributed by atoms with Gasteiger partial charge in [0.25, 0.3) is 0 Å². The average molecular weight is 350 g/mol. The Morgan fingerprint density at radius 3 is 2.35 bits per heavy atom. The number of benzene rings is 2. The van der Waals surface area contributed by atoms with Crippen LogP contribution in [0.25, 0.3) is 22.0 Å². The minimum absolute atomic E-state index is 0.185. The second-order valence-electron chi connectivity index (χ2n) is 7.84. The van der Waals surface area contributed by atoms with Crippen LogP contribution in [0, 0.1) is 12.7 Å². The second kappa shape index (κ2) is 6.88. The summed E-state index contributed by atoms with van der Waals surface area (Å²) < 4.78 is 15.8. The molecule has 0 amide bonds. The molecule has 0 N–H and O–H groups in total. The van der Waals surface area contributed by atoms with Gasteiger partial charge in [-0.3, -0.25) is 0 Å². The van der Waals surface area contributed by atoms with Crippen molar-refractivity contribution in [3.63, 3.8) is 0 Å². The summed E-state index contributed by atoms with van der Waals surface area (Å²) in [6.07, 6.45) is 4.64. The molecule has 26 heavy (non-hydrogen) atoms. The summed E-state index contributed by atoms with van der Waals surface area (Å²) in [4.78, 5) is 2.56. The first-order valence-electron chi connectivity index (χ1n) is 9.64. The Bertz CT molecular complexity index is 900. The highest BCUT2D eigenvalue weighted by molar-refractivity contribution is 5.96. The third-order valence-electron chi connectivity index (χ3n) is 5.77. The molecule has 0 aliphatic carbocycles. The van der Waals surface area contributed by atoms with Crippen LogP contribution in [-0.2, 0) is 0 Å². The predicted octanol–water partition coefficient (Wildman–Crippen LogP) is 5.80. The molecular weight excluding hydrogens is 323 g/mol. The van der Waals surface area contributed by atoms with Crippen molar-refractivity contribution in [1.82, 2.24) is 9.47 Å². The van der Waals surface area contributed by atoms with Crippen LogP contribution >= 0.6 is 0 Å². The summed E-state index contributed by atoms with van der Waals surface area (Å²) in [5, 5.41) is 1.27. The Morgan fingerprint density at radius 2 is 1.69 bits per heavy atom. The summed E-state index contributed by atoms with van der Waals surface area (Å²) in [5.41, 5.74) is 4.83. The fraction of sp³-hybridized carbons (Fsp3) is 0.391. The highest BCUT2D eigenvalue weighted by atomic mass is 19.1.